The molecule has 3 saturated heterocycles. The van der Waals surface area contributed by atoms with Crippen LogP contribution in [-0.4, -0.2) is 191 Å². The molecule has 7 rings (SSSR count). The predicted octanol–water partition coefficient (Wildman–Crippen LogP) is -0.0268. The number of aliphatic hydroxyl groups excluding tert-OH is 12. The third-order valence-corrected chi connectivity index (χ3v) is 18.8. The average Bonchev–Trinajstić information content (AvgIpc) is 3.65. The number of fused-ring (bicyclic) bond motifs is 5. The Balaban J connectivity index is 1.13. The molecule has 0 aromatic carbocycles. The molecule has 3 heterocycles. The van der Waals surface area contributed by atoms with E-state index in [9.17, 15) is 61.3 Å². The Morgan fingerprint density at radius 3 is 1.71 bits per heavy atom. The molecule has 18 heteroatoms. The second-order valence-corrected chi connectivity index (χ2v) is 22.9. The van der Waals surface area contributed by atoms with Crippen molar-refractivity contribution in [1.82, 2.24) is 0 Å². The van der Waals surface area contributed by atoms with E-state index in [4.69, 9.17) is 28.4 Å². The molecule has 382 valence electrons. The molecule has 66 heavy (non-hydrogen) atoms. The van der Waals surface area contributed by atoms with Crippen LogP contribution in [0.2, 0.25) is 0 Å². The topological polar surface area (TPSA) is 298 Å². The van der Waals surface area contributed by atoms with Crippen molar-refractivity contribution in [2.75, 3.05) is 19.8 Å². The lowest BCUT2D eigenvalue weighted by atomic mass is 9.35. The smallest absolute Gasteiger partial charge is 0.187 e. The fourth-order valence-corrected chi connectivity index (χ4v) is 14.9. The number of hydrogen-bond acceptors (Lipinski definition) is 18. The third-order valence-electron chi connectivity index (χ3n) is 18.8. The van der Waals surface area contributed by atoms with Gasteiger partial charge in [0, 0.05) is 0 Å². The normalized spacial score (nSPS) is 52.4. The van der Waals surface area contributed by atoms with Crippen LogP contribution in [0, 0.1) is 45.3 Å². The number of aliphatic hydroxyl groups is 12. The van der Waals surface area contributed by atoms with Crippen LogP contribution in [-0.2, 0) is 28.4 Å². The Bertz CT molecular complexity index is 1680. The zero-order valence-electron chi connectivity index (χ0n) is 40.0. The summed E-state index contributed by atoms with van der Waals surface area (Å²) in [4.78, 5) is 0. The zero-order valence-corrected chi connectivity index (χ0v) is 40.0. The van der Waals surface area contributed by atoms with Gasteiger partial charge in [0.25, 0.3) is 0 Å². The summed E-state index contributed by atoms with van der Waals surface area (Å²) in [5.41, 5.74) is -1.12. The molecule has 7 aliphatic rings. The number of rotatable bonds is 13. The molecule has 0 radical (unpaired) electrons. The zero-order chi connectivity index (χ0) is 48.6. The summed E-state index contributed by atoms with van der Waals surface area (Å²) >= 11 is 0. The summed E-state index contributed by atoms with van der Waals surface area (Å²) in [6.45, 7) is 15.5. The van der Waals surface area contributed by atoms with Gasteiger partial charge in [0.05, 0.1) is 37.6 Å². The molecule has 7 fully saturated rings. The first kappa shape index (κ1) is 52.8. The van der Waals surface area contributed by atoms with Gasteiger partial charge in [0.15, 0.2) is 18.9 Å². The van der Waals surface area contributed by atoms with Gasteiger partial charge < -0.3 is 89.7 Å². The molecule has 0 spiro atoms. The lowest BCUT2D eigenvalue weighted by Gasteiger charge is -2.71. The van der Waals surface area contributed by atoms with E-state index >= 15 is 0 Å². The van der Waals surface area contributed by atoms with E-state index in [1.807, 2.05) is 20.8 Å². The van der Waals surface area contributed by atoms with Gasteiger partial charge in [-0.2, -0.15) is 0 Å². The van der Waals surface area contributed by atoms with Crippen molar-refractivity contribution in [3.8, 4) is 0 Å². The van der Waals surface area contributed by atoms with Gasteiger partial charge in [-0.1, -0.05) is 46.3 Å². The second kappa shape index (κ2) is 19.6. The van der Waals surface area contributed by atoms with Crippen molar-refractivity contribution in [2.45, 2.75) is 223 Å². The van der Waals surface area contributed by atoms with E-state index in [0.29, 0.717) is 25.7 Å². The highest BCUT2D eigenvalue weighted by Crippen LogP contribution is 2.76. The number of ether oxygens (including phenoxy) is 6. The molecular weight excluding hydrogens is 865 g/mol. The van der Waals surface area contributed by atoms with Gasteiger partial charge in [-0.25, -0.2) is 0 Å². The molecule has 18 nitrogen and oxygen atoms in total. The van der Waals surface area contributed by atoms with Crippen LogP contribution in [0.25, 0.3) is 0 Å². The highest BCUT2D eigenvalue weighted by Gasteiger charge is 2.72. The van der Waals surface area contributed by atoms with Crippen LogP contribution in [0.3, 0.4) is 0 Å². The number of allylic oxidation sites excluding steroid dienone is 2. The van der Waals surface area contributed by atoms with Crippen molar-refractivity contribution in [3.05, 3.63) is 11.6 Å². The quantitative estimate of drug-likeness (QED) is 0.0853. The van der Waals surface area contributed by atoms with Crippen molar-refractivity contribution in [1.29, 1.82) is 0 Å². The first-order valence-corrected chi connectivity index (χ1v) is 24.4. The Morgan fingerprint density at radius 2 is 1.14 bits per heavy atom. The fourth-order valence-electron chi connectivity index (χ4n) is 14.9. The van der Waals surface area contributed by atoms with Crippen molar-refractivity contribution < 1.29 is 89.7 Å². The minimum absolute atomic E-state index is 0.0905. The Morgan fingerprint density at radius 1 is 0.606 bits per heavy atom. The molecule has 0 aromatic heterocycles. The van der Waals surface area contributed by atoms with Gasteiger partial charge >= 0.3 is 0 Å². The van der Waals surface area contributed by atoms with E-state index in [-0.39, 0.29) is 39.9 Å². The predicted molar refractivity (Wildman–Crippen MR) is 234 cm³/mol. The van der Waals surface area contributed by atoms with E-state index < -0.39 is 135 Å². The Hall–Kier alpha value is -0.980. The van der Waals surface area contributed by atoms with E-state index in [2.05, 4.69) is 40.7 Å². The minimum atomic E-state index is -1.79. The Kier molecular flexibility index (Phi) is 15.7. The highest BCUT2D eigenvalue weighted by atomic mass is 16.8. The molecular formula is C48H82O18. The monoisotopic (exact) mass is 947 g/mol. The van der Waals surface area contributed by atoms with Gasteiger partial charge in [-0.05, 0) is 124 Å². The minimum Gasteiger partial charge on any atom is -0.394 e. The molecule has 4 saturated carbocycles. The standard InChI is InChI=1S/C48H82O18/c1-22(2)10-9-14-48(8,66-42-39(60)36(57)33(54)26(20-50)62-42)23-11-16-47(7)31(23)24(52)18-29-45(5)15-13-30(44(3,4)28(45)12-17-46(29,47)6)64-43-40(37(58)34(55)27(21-51)63-43)65-41-38(59)35(56)32(53)25(19-49)61-41/h10,23-43,49-60H,9,11-21H2,1-8H3/t23-,24+,25+,26+,27+,28-,29?,30-,31?,32+,33+,34+,35-,36-,37-,38+,39+,40+,41-,42-,43-,45-,46+,47+,48-/m0/s1. The summed E-state index contributed by atoms with van der Waals surface area (Å²) in [5.74, 6) is -0.151. The molecule has 4 aliphatic carbocycles. The van der Waals surface area contributed by atoms with Gasteiger partial charge in [-0.15, -0.1) is 0 Å². The van der Waals surface area contributed by atoms with Crippen LogP contribution in [0.5, 0.6) is 0 Å². The van der Waals surface area contributed by atoms with Crippen LogP contribution in [0.4, 0.5) is 0 Å². The SMILES string of the molecule is CC(C)=CCC[C@](C)(O[C@@H]1O[C@H](CO)[C@@H](O)[C@H](O)[C@H]1O)[C@H]1CC[C@]2(C)C1[C@H](O)CC1[C@@]3(C)CC[C@H](O[C@@H]4O[C@H](CO)[C@@H](O)[C@H](O)[C@H]4O[C@@H]4O[C@H](CO)[C@@H](O)[C@H](O)[C@H]4O)C(C)(C)[C@@H]3CC[C@]12C. The summed E-state index contributed by atoms with van der Waals surface area (Å²) in [5, 5.41) is 129. The second-order valence-electron chi connectivity index (χ2n) is 22.9. The molecule has 0 aromatic rings. The van der Waals surface area contributed by atoms with Crippen LogP contribution in [0.15, 0.2) is 11.6 Å². The van der Waals surface area contributed by atoms with E-state index in [0.717, 1.165) is 37.7 Å². The van der Waals surface area contributed by atoms with Gasteiger partial charge in [0.1, 0.15) is 73.2 Å². The molecule has 12 N–H and O–H groups in total. The lowest BCUT2D eigenvalue weighted by Crippen LogP contribution is -2.68. The summed E-state index contributed by atoms with van der Waals surface area (Å²) in [6, 6.07) is 0. The molecule has 2 unspecified atom stereocenters. The van der Waals surface area contributed by atoms with Crippen LogP contribution < -0.4 is 0 Å². The maximum absolute atomic E-state index is 12.7. The largest absolute Gasteiger partial charge is 0.394 e. The summed E-state index contributed by atoms with van der Waals surface area (Å²) in [6.07, 6.45) is -15.4. The third kappa shape index (κ3) is 8.79. The first-order valence-electron chi connectivity index (χ1n) is 24.4. The van der Waals surface area contributed by atoms with E-state index in [1.54, 1.807) is 0 Å². The molecule has 3 aliphatic heterocycles. The maximum atomic E-state index is 12.7. The first-order chi connectivity index (χ1) is 30.8. The van der Waals surface area contributed by atoms with Crippen LogP contribution in [0.1, 0.15) is 113 Å². The Labute approximate surface area is 388 Å². The fraction of sp³-hybridized carbons (Fsp3) is 0.958. The van der Waals surface area contributed by atoms with E-state index in [1.165, 1.54) is 0 Å². The summed E-state index contributed by atoms with van der Waals surface area (Å²) in [7, 11) is 0. The van der Waals surface area contributed by atoms with Crippen LogP contribution >= 0.6 is 0 Å². The summed E-state index contributed by atoms with van der Waals surface area (Å²) < 4.78 is 37.2. The maximum Gasteiger partial charge on any atom is 0.187 e. The molecule has 25 atom stereocenters. The van der Waals surface area contributed by atoms with Gasteiger partial charge in [0.2, 0.25) is 0 Å². The molecule has 0 bridgehead atoms. The lowest BCUT2D eigenvalue weighted by molar-refractivity contribution is -0.378. The van der Waals surface area contributed by atoms with Gasteiger partial charge in [-0.3, -0.25) is 0 Å². The molecule has 0 amide bonds. The average molecular weight is 947 g/mol. The highest BCUT2D eigenvalue weighted by molar-refractivity contribution is 5.20. The van der Waals surface area contributed by atoms with Crippen molar-refractivity contribution >= 4 is 0 Å². The van der Waals surface area contributed by atoms with Crippen molar-refractivity contribution in [3.63, 3.8) is 0 Å². The number of hydrogen-bond donors (Lipinski definition) is 12. The van der Waals surface area contributed by atoms with Crippen molar-refractivity contribution in [2.24, 2.45) is 45.3 Å².